The van der Waals surface area contributed by atoms with Crippen LogP contribution in [0.2, 0.25) is 0 Å². The summed E-state index contributed by atoms with van der Waals surface area (Å²) in [7, 11) is 6.05. The third kappa shape index (κ3) is 4.80. The van der Waals surface area contributed by atoms with Gasteiger partial charge in [0.15, 0.2) is 5.96 Å². The van der Waals surface area contributed by atoms with Gasteiger partial charge in [0.25, 0.3) is 0 Å². The van der Waals surface area contributed by atoms with Crippen molar-refractivity contribution >= 4 is 5.96 Å². The second-order valence-corrected chi connectivity index (χ2v) is 6.23. The Kier molecular flexibility index (Phi) is 6.15. The van der Waals surface area contributed by atoms with E-state index in [1.807, 2.05) is 7.05 Å². The standard InChI is InChI=1S/C17H30N4/c1-18-17(19-12-11-15-8-5-4-6-9-15)21(3)14-16-10-7-13-20(16)2/h7,10,13,15H,4-6,8-9,11-12,14H2,1-3H3,(H,18,19). The first-order chi connectivity index (χ1) is 10.2. The Labute approximate surface area is 129 Å². The van der Waals surface area contributed by atoms with E-state index in [2.05, 4.69) is 52.2 Å². The van der Waals surface area contributed by atoms with E-state index >= 15 is 0 Å². The zero-order chi connectivity index (χ0) is 15.1. The van der Waals surface area contributed by atoms with Gasteiger partial charge in [-0.05, 0) is 24.5 Å². The number of hydrogen-bond donors (Lipinski definition) is 1. The van der Waals surface area contributed by atoms with E-state index in [0.717, 1.165) is 25.0 Å². The highest BCUT2D eigenvalue weighted by Gasteiger charge is 2.14. The summed E-state index contributed by atoms with van der Waals surface area (Å²) < 4.78 is 2.16. The molecule has 4 nitrogen and oxygen atoms in total. The van der Waals surface area contributed by atoms with Crippen LogP contribution in [-0.4, -0.2) is 36.1 Å². The van der Waals surface area contributed by atoms with Crippen molar-refractivity contribution in [2.75, 3.05) is 20.6 Å². The SMILES string of the molecule is CN=C(NCCC1CCCCC1)N(C)Cc1cccn1C. The predicted molar refractivity (Wildman–Crippen MR) is 89.4 cm³/mol. The van der Waals surface area contributed by atoms with Crippen LogP contribution in [0.25, 0.3) is 0 Å². The highest BCUT2D eigenvalue weighted by Crippen LogP contribution is 2.25. The van der Waals surface area contributed by atoms with E-state index in [9.17, 15) is 0 Å². The molecule has 0 amide bonds. The highest BCUT2D eigenvalue weighted by molar-refractivity contribution is 5.79. The van der Waals surface area contributed by atoms with E-state index in [0.29, 0.717) is 0 Å². The van der Waals surface area contributed by atoms with Crippen LogP contribution in [0.1, 0.15) is 44.2 Å². The predicted octanol–water partition coefficient (Wildman–Crippen LogP) is 3.00. The van der Waals surface area contributed by atoms with Crippen LogP contribution >= 0.6 is 0 Å². The third-order valence-electron chi connectivity index (χ3n) is 4.58. The van der Waals surface area contributed by atoms with Crippen LogP contribution in [0.4, 0.5) is 0 Å². The number of aliphatic imine (C=N–C) groups is 1. The molecule has 1 aliphatic rings. The summed E-state index contributed by atoms with van der Waals surface area (Å²) in [5.41, 5.74) is 1.30. The van der Waals surface area contributed by atoms with Gasteiger partial charge in [0, 0.05) is 39.6 Å². The molecule has 0 saturated heterocycles. The first-order valence-corrected chi connectivity index (χ1v) is 8.22. The highest BCUT2D eigenvalue weighted by atomic mass is 15.3. The molecule has 1 N–H and O–H groups in total. The Morgan fingerprint density at radius 2 is 2.14 bits per heavy atom. The number of guanidine groups is 1. The number of nitrogens with zero attached hydrogens (tertiary/aromatic N) is 3. The maximum atomic E-state index is 4.40. The third-order valence-corrected chi connectivity index (χ3v) is 4.58. The number of aromatic nitrogens is 1. The summed E-state index contributed by atoms with van der Waals surface area (Å²) in [5, 5.41) is 3.52. The summed E-state index contributed by atoms with van der Waals surface area (Å²) in [6.07, 6.45) is 10.5. The molecule has 118 valence electrons. The molecule has 0 bridgehead atoms. The number of rotatable bonds is 5. The topological polar surface area (TPSA) is 32.6 Å². The number of hydrogen-bond acceptors (Lipinski definition) is 1. The van der Waals surface area contributed by atoms with Crippen LogP contribution < -0.4 is 5.32 Å². The van der Waals surface area contributed by atoms with E-state index in [-0.39, 0.29) is 0 Å². The lowest BCUT2D eigenvalue weighted by atomic mass is 9.87. The fraction of sp³-hybridized carbons (Fsp3) is 0.706. The maximum absolute atomic E-state index is 4.40. The normalized spacial score (nSPS) is 17.0. The second kappa shape index (κ2) is 8.11. The lowest BCUT2D eigenvalue weighted by Crippen LogP contribution is -2.39. The fourth-order valence-electron chi connectivity index (χ4n) is 3.23. The van der Waals surface area contributed by atoms with Gasteiger partial charge in [-0.2, -0.15) is 0 Å². The van der Waals surface area contributed by atoms with Crippen molar-refractivity contribution in [2.24, 2.45) is 18.0 Å². The molecule has 4 heteroatoms. The van der Waals surface area contributed by atoms with E-state index in [1.165, 1.54) is 44.2 Å². The summed E-state index contributed by atoms with van der Waals surface area (Å²) in [5.74, 6) is 1.91. The van der Waals surface area contributed by atoms with Gasteiger partial charge in [-0.3, -0.25) is 4.99 Å². The van der Waals surface area contributed by atoms with E-state index in [1.54, 1.807) is 0 Å². The molecule has 1 aliphatic carbocycles. The molecule has 0 aliphatic heterocycles. The first kappa shape index (κ1) is 15.9. The quantitative estimate of drug-likeness (QED) is 0.668. The van der Waals surface area contributed by atoms with Crippen LogP contribution in [0.15, 0.2) is 23.3 Å². The van der Waals surface area contributed by atoms with Gasteiger partial charge in [0.2, 0.25) is 0 Å². The molecule has 1 aromatic heterocycles. The molecule has 0 aromatic carbocycles. The monoisotopic (exact) mass is 290 g/mol. The minimum atomic E-state index is 0.882. The van der Waals surface area contributed by atoms with Crippen LogP contribution in [0.3, 0.4) is 0 Å². The molecule has 1 heterocycles. The largest absolute Gasteiger partial charge is 0.356 e. The number of aryl methyl sites for hydroxylation is 1. The Hall–Kier alpha value is -1.45. The van der Waals surface area contributed by atoms with Crippen molar-refractivity contribution < 1.29 is 0 Å². The molecular formula is C17H30N4. The summed E-state index contributed by atoms with van der Waals surface area (Å²) in [6, 6.07) is 4.24. The second-order valence-electron chi connectivity index (χ2n) is 6.23. The molecule has 0 spiro atoms. The van der Waals surface area contributed by atoms with Crippen molar-refractivity contribution in [1.82, 2.24) is 14.8 Å². The molecule has 0 atom stereocenters. The van der Waals surface area contributed by atoms with Crippen LogP contribution in [-0.2, 0) is 13.6 Å². The van der Waals surface area contributed by atoms with Gasteiger partial charge >= 0.3 is 0 Å². The summed E-state index contributed by atoms with van der Waals surface area (Å²) >= 11 is 0. The molecule has 0 unspecified atom stereocenters. The van der Waals surface area contributed by atoms with Gasteiger partial charge in [0.05, 0.1) is 6.54 Å². The molecule has 21 heavy (non-hydrogen) atoms. The minimum absolute atomic E-state index is 0.882. The van der Waals surface area contributed by atoms with E-state index in [4.69, 9.17) is 0 Å². The van der Waals surface area contributed by atoms with Crippen molar-refractivity contribution in [3.63, 3.8) is 0 Å². The van der Waals surface area contributed by atoms with Crippen molar-refractivity contribution in [2.45, 2.75) is 45.1 Å². The molecule has 1 aromatic rings. The van der Waals surface area contributed by atoms with Crippen molar-refractivity contribution in [3.8, 4) is 0 Å². The summed E-state index contributed by atoms with van der Waals surface area (Å²) in [6.45, 7) is 1.92. The average molecular weight is 290 g/mol. The zero-order valence-corrected chi connectivity index (χ0v) is 13.8. The van der Waals surface area contributed by atoms with Gasteiger partial charge in [-0.1, -0.05) is 32.1 Å². The smallest absolute Gasteiger partial charge is 0.193 e. The fourth-order valence-corrected chi connectivity index (χ4v) is 3.23. The lowest BCUT2D eigenvalue weighted by molar-refractivity contribution is 0.337. The molecule has 2 rings (SSSR count). The van der Waals surface area contributed by atoms with E-state index < -0.39 is 0 Å². The minimum Gasteiger partial charge on any atom is -0.356 e. The Morgan fingerprint density at radius 3 is 2.76 bits per heavy atom. The molecule has 0 radical (unpaired) electrons. The first-order valence-electron chi connectivity index (χ1n) is 8.22. The number of nitrogens with one attached hydrogen (secondary N) is 1. The summed E-state index contributed by atoms with van der Waals surface area (Å²) in [4.78, 5) is 6.59. The Morgan fingerprint density at radius 1 is 1.38 bits per heavy atom. The average Bonchev–Trinajstić information content (AvgIpc) is 2.90. The zero-order valence-electron chi connectivity index (χ0n) is 13.8. The van der Waals surface area contributed by atoms with Gasteiger partial charge in [-0.25, -0.2) is 0 Å². The lowest BCUT2D eigenvalue weighted by Gasteiger charge is -2.25. The van der Waals surface area contributed by atoms with Gasteiger partial charge in [-0.15, -0.1) is 0 Å². The molecular weight excluding hydrogens is 260 g/mol. The van der Waals surface area contributed by atoms with Crippen LogP contribution in [0, 0.1) is 5.92 Å². The van der Waals surface area contributed by atoms with Crippen molar-refractivity contribution in [1.29, 1.82) is 0 Å². The molecule has 1 fully saturated rings. The van der Waals surface area contributed by atoms with Gasteiger partial charge in [0.1, 0.15) is 0 Å². The molecule has 1 saturated carbocycles. The van der Waals surface area contributed by atoms with Gasteiger partial charge < -0.3 is 14.8 Å². The Bertz CT molecular complexity index is 443. The maximum Gasteiger partial charge on any atom is 0.193 e. The van der Waals surface area contributed by atoms with Crippen molar-refractivity contribution in [3.05, 3.63) is 24.0 Å². The Balaban J connectivity index is 1.75. The van der Waals surface area contributed by atoms with Crippen LogP contribution in [0.5, 0.6) is 0 Å².